The Hall–Kier alpha value is -11.2. The molecule has 1 amide bonds. The number of hydrogen-bond acceptors (Lipinski definition) is 26. The van der Waals surface area contributed by atoms with Crippen molar-refractivity contribution in [2.75, 3.05) is 139 Å². The zero-order valence-corrected chi connectivity index (χ0v) is 63.1. The SMILES string of the molecule is COc1cc(Nc2ccnc(-c3ccc(OC4CCOCC4)c(C#N)c3)n2)ccc1C(N)=O.COc1cc(Nc2ccnc(-c3ccc(OC4CCOCC4)c(C#N)c3)n2)ccc1C1CCN(C2COC2)CC1.N#Cc1cc(-c2nccc(Nc3ccc(N4CCN(C5COC5)CC4)cc3)n2)ccc1OC1CCSCC1. The van der Waals surface area contributed by atoms with Crippen LogP contribution >= 0.6 is 11.8 Å². The average Bonchev–Trinajstić information content (AvgIpc) is 0.826. The van der Waals surface area contributed by atoms with Crippen LogP contribution in [0.25, 0.3) is 34.2 Å². The van der Waals surface area contributed by atoms with Gasteiger partial charge in [0.05, 0.1) is 101 Å². The largest absolute Gasteiger partial charge is 0.496 e. The first-order valence-electron chi connectivity index (χ1n) is 37.8. The molecule has 0 unspecified atom stereocenters. The number of amides is 1. The van der Waals surface area contributed by atoms with Gasteiger partial charge in [0.1, 0.15) is 82.7 Å². The molecule has 0 spiro atoms. The van der Waals surface area contributed by atoms with Crippen LogP contribution in [0.5, 0.6) is 28.7 Å². The molecule has 9 aromatic rings. The van der Waals surface area contributed by atoms with Crippen molar-refractivity contribution >= 4 is 57.9 Å². The third-order valence-corrected chi connectivity index (χ3v) is 21.8. The number of anilines is 7. The molecule has 111 heavy (non-hydrogen) atoms. The fourth-order valence-corrected chi connectivity index (χ4v) is 15.4. The minimum absolute atomic E-state index is 0.0402. The van der Waals surface area contributed by atoms with E-state index in [-0.39, 0.29) is 18.3 Å². The first-order valence-corrected chi connectivity index (χ1v) is 39.0. The summed E-state index contributed by atoms with van der Waals surface area (Å²) in [6, 6.07) is 49.6. The van der Waals surface area contributed by atoms with Crippen molar-refractivity contribution in [3.63, 3.8) is 0 Å². The van der Waals surface area contributed by atoms with Crippen molar-refractivity contribution in [1.82, 2.24) is 39.7 Å². The van der Waals surface area contributed by atoms with E-state index in [2.05, 4.69) is 105 Å². The van der Waals surface area contributed by atoms with E-state index in [1.165, 1.54) is 18.4 Å². The molecule has 0 saturated carbocycles. The molecular formula is C84H90N16O10S. The van der Waals surface area contributed by atoms with Gasteiger partial charge in [0.15, 0.2) is 17.5 Å². The second-order valence-electron chi connectivity index (χ2n) is 27.9. The van der Waals surface area contributed by atoms with Gasteiger partial charge in [-0.25, -0.2) is 29.9 Å². The highest BCUT2D eigenvalue weighted by molar-refractivity contribution is 7.99. The molecule has 0 aliphatic carbocycles. The van der Waals surface area contributed by atoms with Gasteiger partial charge >= 0.3 is 0 Å². The fourth-order valence-electron chi connectivity index (χ4n) is 14.3. The summed E-state index contributed by atoms with van der Waals surface area (Å²) in [5.74, 6) is 8.61. The van der Waals surface area contributed by atoms with Crippen molar-refractivity contribution in [3.8, 4) is 81.1 Å². The van der Waals surface area contributed by atoms with Gasteiger partial charge in [-0.05, 0) is 177 Å². The van der Waals surface area contributed by atoms with Crippen LogP contribution in [0, 0.1) is 34.0 Å². The number of methoxy groups -OCH3 is 2. The maximum absolute atomic E-state index is 11.5. The molecule has 5 N–H and O–H groups in total. The third kappa shape index (κ3) is 19.9. The van der Waals surface area contributed by atoms with Crippen LogP contribution in [0.4, 0.5) is 40.2 Å². The highest BCUT2D eigenvalue weighted by Crippen LogP contribution is 2.39. The van der Waals surface area contributed by atoms with E-state index in [0.717, 1.165) is 157 Å². The molecule has 0 bridgehead atoms. The van der Waals surface area contributed by atoms with Crippen LogP contribution in [0.3, 0.4) is 0 Å². The van der Waals surface area contributed by atoms with Gasteiger partial charge < -0.3 is 69.2 Å². The van der Waals surface area contributed by atoms with Gasteiger partial charge in [-0.15, -0.1) is 0 Å². The molecule has 3 aromatic heterocycles. The van der Waals surface area contributed by atoms with E-state index in [4.69, 9.17) is 58.3 Å². The molecule has 7 fully saturated rings. The Labute approximate surface area is 650 Å². The lowest BCUT2D eigenvalue weighted by molar-refractivity contribution is -0.0713. The molecule has 7 saturated heterocycles. The molecule has 0 atom stereocenters. The molecule has 572 valence electrons. The molecule has 7 aliphatic rings. The summed E-state index contributed by atoms with van der Waals surface area (Å²) in [5, 5.41) is 39.1. The third-order valence-electron chi connectivity index (χ3n) is 20.7. The number of nitrogens with one attached hydrogen (secondary N) is 3. The number of carbonyl (C=O) groups is 1. The van der Waals surface area contributed by atoms with Crippen molar-refractivity contribution in [3.05, 3.63) is 180 Å². The number of rotatable bonds is 22. The minimum atomic E-state index is -0.569. The summed E-state index contributed by atoms with van der Waals surface area (Å²) in [7, 11) is 3.20. The number of primary amides is 1. The van der Waals surface area contributed by atoms with Crippen LogP contribution in [-0.2, 0) is 18.9 Å². The number of nitrogens with zero attached hydrogens (tertiary/aromatic N) is 12. The molecule has 27 heteroatoms. The molecular weight excluding hydrogens is 1430 g/mol. The van der Waals surface area contributed by atoms with E-state index in [1.807, 2.05) is 66.4 Å². The minimum Gasteiger partial charge on any atom is -0.496 e. The highest BCUT2D eigenvalue weighted by Gasteiger charge is 2.33. The molecule has 16 rings (SSSR count). The summed E-state index contributed by atoms with van der Waals surface area (Å²) in [5.41, 5.74) is 14.3. The van der Waals surface area contributed by atoms with Crippen LogP contribution in [0.2, 0.25) is 0 Å². The zero-order chi connectivity index (χ0) is 76.3. The first kappa shape index (κ1) is 76.6. The molecule has 26 nitrogen and oxygen atoms in total. The number of carbonyl (C=O) groups excluding carboxylic acids is 1. The summed E-state index contributed by atoms with van der Waals surface area (Å²) < 4.78 is 50.8. The number of hydrogen-bond donors (Lipinski definition) is 4. The van der Waals surface area contributed by atoms with Gasteiger partial charge in [-0.3, -0.25) is 14.6 Å². The number of aromatic nitrogens is 6. The van der Waals surface area contributed by atoms with Crippen molar-refractivity contribution in [2.24, 2.45) is 5.73 Å². The fraction of sp³-hybridized carbons (Fsp3) is 0.381. The number of benzene rings is 6. The number of nitriles is 3. The quantitative estimate of drug-likeness (QED) is 0.0490. The smallest absolute Gasteiger partial charge is 0.252 e. The van der Waals surface area contributed by atoms with E-state index < -0.39 is 5.91 Å². The normalized spacial score (nSPS) is 17.4. The summed E-state index contributed by atoms with van der Waals surface area (Å²) in [6.45, 7) is 12.6. The van der Waals surface area contributed by atoms with Gasteiger partial charge in [-0.2, -0.15) is 27.5 Å². The van der Waals surface area contributed by atoms with Gasteiger partial charge in [0.25, 0.3) is 5.91 Å². The Bertz CT molecular complexity index is 4790. The highest BCUT2D eigenvalue weighted by atomic mass is 32.2. The Kier molecular flexibility index (Phi) is 25.9. The molecule has 10 heterocycles. The summed E-state index contributed by atoms with van der Waals surface area (Å²) in [4.78, 5) is 46.3. The predicted molar refractivity (Wildman–Crippen MR) is 424 cm³/mol. The molecule has 0 radical (unpaired) electrons. The van der Waals surface area contributed by atoms with Gasteiger partial charge in [0.2, 0.25) is 0 Å². The second kappa shape index (κ2) is 37.5. The van der Waals surface area contributed by atoms with E-state index >= 15 is 0 Å². The van der Waals surface area contributed by atoms with Crippen LogP contribution in [-0.4, -0.2) is 194 Å². The number of piperidine rings is 1. The summed E-state index contributed by atoms with van der Waals surface area (Å²) >= 11 is 1.96. The molecule has 6 aromatic carbocycles. The van der Waals surface area contributed by atoms with Gasteiger partial charge in [-0.1, -0.05) is 6.07 Å². The van der Waals surface area contributed by atoms with Crippen molar-refractivity contribution in [1.29, 1.82) is 15.8 Å². The van der Waals surface area contributed by atoms with Crippen LogP contribution < -0.4 is 50.3 Å². The van der Waals surface area contributed by atoms with Crippen LogP contribution in [0.1, 0.15) is 89.9 Å². The lowest BCUT2D eigenvalue weighted by Crippen LogP contribution is -2.56. The Morgan fingerprint density at radius 1 is 0.459 bits per heavy atom. The maximum Gasteiger partial charge on any atom is 0.252 e. The second-order valence-corrected chi connectivity index (χ2v) is 29.2. The Morgan fingerprint density at radius 2 is 0.874 bits per heavy atom. The number of piperazine rings is 1. The monoisotopic (exact) mass is 1510 g/mol. The van der Waals surface area contributed by atoms with Crippen molar-refractivity contribution < 1.29 is 47.4 Å². The predicted octanol–water partition coefficient (Wildman–Crippen LogP) is 12.9. The van der Waals surface area contributed by atoms with Crippen molar-refractivity contribution in [2.45, 2.75) is 87.7 Å². The van der Waals surface area contributed by atoms with E-state index in [9.17, 15) is 20.6 Å². The van der Waals surface area contributed by atoms with E-state index in [1.54, 1.807) is 68.2 Å². The average molecular weight is 1520 g/mol. The molecule has 7 aliphatic heterocycles. The first-order chi connectivity index (χ1) is 54.5. The zero-order valence-electron chi connectivity index (χ0n) is 62.3. The van der Waals surface area contributed by atoms with Gasteiger partial charge in [0, 0.05) is 122 Å². The number of thioether (sulfide) groups is 1. The standard InChI is InChI=1S/C31H35N5O4.C29H32N6O2S.C24H23N5O4/c1-37-29-17-24(3-4-27(29)21-7-12-36(13-8-21)25-19-39-20-25)34-30-6-11-33-31(35-30)22-2-5-28(23(16-22)18-32)40-26-9-14-38-15-10-26;30-18-22-17-21(1-6-27(22)37-26-8-15-38-16-9-26)29-31-10-7-28(33-29)32-23-2-4-24(5-3-23)34-11-13-35(14-12-34)25-19-36-20-25;1-31-21-13-17(3-4-19(21)23(26)30)28-22-6-9-27-24(29-22)15-2-5-20(16(12-15)14-25)33-18-7-10-32-11-8-18/h2-6,11,16-17,21,25-26H,7-10,12-15,19-20H2,1H3,(H,33,34,35);1-7,10,17,25-26H,8-9,11-16,19-20H2,(H,31,32,33);2-6,9,12-13,18H,7-8,10-11H2,1H3,(H2,26,30)(H,27,28,29). The number of nitrogens with two attached hydrogens (primary N) is 1. The maximum atomic E-state index is 11.5. The lowest BCUT2D eigenvalue weighted by Gasteiger charge is -2.43. The van der Waals surface area contributed by atoms with Crippen LogP contribution in [0.15, 0.2) is 152 Å². The van der Waals surface area contributed by atoms with E-state index in [0.29, 0.717) is 136 Å². The lowest BCUT2D eigenvalue weighted by atomic mass is 9.88. The Morgan fingerprint density at radius 3 is 1.30 bits per heavy atom. The summed E-state index contributed by atoms with van der Waals surface area (Å²) in [6.07, 6.45) is 12.9. The number of likely N-dealkylation sites (tertiary alicyclic amines) is 1. The number of ether oxygens (including phenoxy) is 9. The Balaban J connectivity index is 0.000000139. The topological polar surface area (TPSA) is 321 Å².